The van der Waals surface area contributed by atoms with Crippen LogP contribution in [-0.4, -0.2) is 25.9 Å². The molecule has 1 heterocycles. The fourth-order valence-electron chi connectivity index (χ4n) is 2.58. The summed E-state index contributed by atoms with van der Waals surface area (Å²) in [6.07, 6.45) is 0. The summed E-state index contributed by atoms with van der Waals surface area (Å²) >= 11 is 7.75. The summed E-state index contributed by atoms with van der Waals surface area (Å²) in [6.45, 7) is 0. The lowest BCUT2D eigenvalue weighted by Gasteiger charge is -2.26. The van der Waals surface area contributed by atoms with Gasteiger partial charge in [0, 0.05) is 12.1 Å². The second kappa shape index (κ2) is 6.72. The first kappa shape index (κ1) is 16.0. The molecule has 1 amide bonds. The van der Waals surface area contributed by atoms with Gasteiger partial charge in [-0.25, -0.2) is 0 Å². The number of methoxy groups -OCH3 is 2. The van der Waals surface area contributed by atoms with Gasteiger partial charge in [-0.05, 0) is 5.56 Å². The maximum atomic E-state index is 12.5. The van der Waals surface area contributed by atoms with Crippen molar-refractivity contribution in [3.8, 4) is 11.5 Å². The highest BCUT2D eigenvalue weighted by Gasteiger charge is 2.36. The Hall–Kier alpha value is -1.85. The Kier molecular flexibility index (Phi) is 4.68. The molecular formula is C17H16ClNO3S. The van der Waals surface area contributed by atoms with Crippen LogP contribution in [-0.2, 0) is 4.79 Å². The van der Waals surface area contributed by atoms with Crippen molar-refractivity contribution in [3.05, 3.63) is 53.1 Å². The Balaban J connectivity index is 2.09. The van der Waals surface area contributed by atoms with Crippen LogP contribution in [0.1, 0.15) is 10.9 Å². The number of carbonyl (C=O) groups excluding carboxylic acids is 1. The molecule has 1 aliphatic heterocycles. The van der Waals surface area contributed by atoms with Crippen LogP contribution in [0.2, 0.25) is 5.02 Å². The van der Waals surface area contributed by atoms with Crippen molar-refractivity contribution in [2.45, 2.75) is 5.37 Å². The molecule has 0 saturated carbocycles. The van der Waals surface area contributed by atoms with Crippen LogP contribution in [0.5, 0.6) is 11.5 Å². The molecule has 3 rings (SSSR count). The molecule has 1 atom stereocenters. The Bertz CT molecular complexity index is 723. The van der Waals surface area contributed by atoms with Gasteiger partial charge in [0.1, 0.15) is 16.9 Å². The highest BCUT2D eigenvalue weighted by Crippen LogP contribution is 2.47. The van der Waals surface area contributed by atoms with E-state index in [1.165, 1.54) is 0 Å². The number of halogens is 1. The zero-order valence-electron chi connectivity index (χ0n) is 12.8. The summed E-state index contributed by atoms with van der Waals surface area (Å²) in [5, 5.41) is 0.354. The quantitative estimate of drug-likeness (QED) is 0.831. The van der Waals surface area contributed by atoms with E-state index in [-0.39, 0.29) is 11.3 Å². The van der Waals surface area contributed by atoms with E-state index < -0.39 is 0 Å². The van der Waals surface area contributed by atoms with Gasteiger partial charge < -0.3 is 9.47 Å². The molecule has 0 unspecified atom stereocenters. The number of carbonyl (C=O) groups is 1. The molecular weight excluding hydrogens is 334 g/mol. The fraction of sp³-hybridized carbons (Fsp3) is 0.235. The number of hydrogen-bond donors (Lipinski definition) is 0. The van der Waals surface area contributed by atoms with Gasteiger partial charge in [0.15, 0.2) is 0 Å². The zero-order chi connectivity index (χ0) is 16.4. The predicted octanol–water partition coefficient (Wildman–Crippen LogP) is 4.14. The van der Waals surface area contributed by atoms with Crippen molar-refractivity contribution >= 4 is 35.0 Å². The van der Waals surface area contributed by atoms with E-state index in [0.29, 0.717) is 28.0 Å². The summed E-state index contributed by atoms with van der Waals surface area (Å²) in [4.78, 5) is 14.2. The van der Waals surface area contributed by atoms with Crippen molar-refractivity contribution in [1.82, 2.24) is 0 Å². The molecule has 2 aromatic carbocycles. The van der Waals surface area contributed by atoms with E-state index in [9.17, 15) is 4.79 Å². The molecule has 0 N–H and O–H groups in total. The summed E-state index contributed by atoms with van der Waals surface area (Å²) in [5.74, 6) is 1.52. The zero-order valence-corrected chi connectivity index (χ0v) is 14.4. The number of rotatable bonds is 4. The Morgan fingerprint density at radius 2 is 1.83 bits per heavy atom. The highest BCUT2D eigenvalue weighted by atomic mass is 35.5. The third-order valence-corrected chi connectivity index (χ3v) is 5.17. The average molecular weight is 350 g/mol. The summed E-state index contributed by atoms with van der Waals surface area (Å²) in [6, 6.07) is 13.4. The van der Waals surface area contributed by atoms with Gasteiger partial charge >= 0.3 is 0 Å². The van der Waals surface area contributed by atoms with Gasteiger partial charge in [-0.1, -0.05) is 41.9 Å². The first-order valence-electron chi connectivity index (χ1n) is 7.06. The van der Waals surface area contributed by atoms with Crippen molar-refractivity contribution in [1.29, 1.82) is 0 Å². The lowest BCUT2D eigenvalue weighted by molar-refractivity contribution is -0.115. The van der Waals surface area contributed by atoms with Crippen LogP contribution in [0.25, 0.3) is 0 Å². The number of ether oxygens (including phenoxy) is 2. The van der Waals surface area contributed by atoms with E-state index in [2.05, 4.69) is 0 Å². The van der Waals surface area contributed by atoms with Crippen LogP contribution >= 0.6 is 23.4 Å². The lowest BCUT2D eigenvalue weighted by atomic mass is 10.1. The Morgan fingerprint density at radius 3 is 2.48 bits per heavy atom. The van der Waals surface area contributed by atoms with Crippen LogP contribution in [0, 0.1) is 0 Å². The molecule has 1 aliphatic rings. The van der Waals surface area contributed by atoms with E-state index in [1.807, 2.05) is 30.3 Å². The Morgan fingerprint density at radius 1 is 1.13 bits per heavy atom. The van der Waals surface area contributed by atoms with Crippen LogP contribution in [0.4, 0.5) is 5.69 Å². The van der Waals surface area contributed by atoms with Gasteiger partial charge in [0.05, 0.1) is 30.7 Å². The number of anilines is 1. The van der Waals surface area contributed by atoms with Gasteiger partial charge in [-0.2, -0.15) is 0 Å². The average Bonchev–Trinajstić information content (AvgIpc) is 2.97. The molecule has 0 spiro atoms. The molecule has 23 heavy (non-hydrogen) atoms. The summed E-state index contributed by atoms with van der Waals surface area (Å²) < 4.78 is 10.7. The van der Waals surface area contributed by atoms with E-state index in [1.54, 1.807) is 43.0 Å². The molecule has 4 nitrogen and oxygen atoms in total. The normalized spacial score (nSPS) is 17.4. The molecule has 2 aromatic rings. The largest absolute Gasteiger partial charge is 0.495 e. The minimum absolute atomic E-state index is 0.0338. The standard InChI is InChI=1S/C17H16ClNO3S/c1-21-14-9-13(15(22-2)8-12(14)18)19-16(20)10-23-17(19)11-6-4-3-5-7-11/h3-9,17H,10H2,1-2H3/t17-/m0/s1. The molecule has 1 fully saturated rings. The first-order valence-corrected chi connectivity index (χ1v) is 8.48. The highest BCUT2D eigenvalue weighted by molar-refractivity contribution is 8.00. The number of benzene rings is 2. The molecule has 0 aliphatic carbocycles. The third-order valence-electron chi connectivity index (χ3n) is 3.67. The van der Waals surface area contributed by atoms with Gasteiger partial charge in [0.2, 0.25) is 5.91 Å². The van der Waals surface area contributed by atoms with Crippen molar-refractivity contribution < 1.29 is 14.3 Å². The van der Waals surface area contributed by atoms with Crippen molar-refractivity contribution in [2.24, 2.45) is 0 Å². The van der Waals surface area contributed by atoms with Crippen LogP contribution in [0.3, 0.4) is 0 Å². The Labute approximate surface area is 144 Å². The van der Waals surface area contributed by atoms with E-state index in [4.69, 9.17) is 21.1 Å². The number of nitrogens with zero attached hydrogens (tertiary/aromatic N) is 1. The molecule has 120 valence electrons. The van der Waals surface area contributed by atoms with Crippen LogP contribution < -0.4 is 14.4 Å². The second-order valence-electron chi connectivity index (χ2n) is 5.00. The van der Waals surface area contributed by atoms with E-state index in [0.717, 1.165) is 5.56 Å². The van der Waals surface area contributed by atoms with Gasteiger partial charge in [0.25, 0.3) is 0 Å². The molecule has 6 heteroatoms. The number of thioether (sulfide) groups is 1. The molecule has 1 saturated heterocycles. The van der Waals surface area contributed by atoms with Gasteiger partial charge in [-0.3, -0.25) is 9.69 Å². The summed E-state index contributed by atoms with van der Waals surface area (Å²) in [7, 11) is 3.11. The maximum Gasteiger partial charge on any atom is 0.238 e. The van der Waals surface area contributed by atoms with E-state index >= 15 is 0 Å². The number of amides is 1. The molecule has 0 aromatic heterocycles. The predicted molar refractivity (Wildman–Crippen MR) is 93.7 cm³/mol. The van der Waals surface area contributed by atoms with Crippen LogP contribution in [0.15, 0.2) is 42.5 Å². The molecule has 0 bridgehead atoms. The second-order valence-corrected chi connectivity index (χ2v) is 6.47. The van der Waals surface area contributed by atoms with Gasteiger partial charge in [-0.15, -0.1) is 11.8 Å². The SMILES string of the molecule is COc1cc(N2C(=O)CS[C@H]2c2ccccc2)c(OC)cc1Cl. The topological polar surface area (TPSA) is 38.8 Å². The third kappa shape index (κ3) is 2.99. The lowest BCUT2D eigenvalue weighted by Crippen LogP contribution is -2.28. The number of hydrogen-bond acceptors (Lipinski definition) is 4. The van der Waals surface area contributed by atoms with Crippen molar-refractivity contribution in [3.63, 3.8) is 0 Å². The minimum Gasteiger partial charge on any atom is -0.495 e. The van der Waals surface area contributed by atoms with Crippen molar-refractivity contribution in [2.75, 3.05) is 24.9 Å². The molecule has 0 radical (unpaired) electrons. The smallest absolute Gasteiger partial charge is 0.238 e. The fourth-order valence-corrected chi connectivity index (χ4v) is 3.98. The summed E-state index contributed by atoms with van der Waals surface area (Å²) in [5.41, 5.74) is 1.73. The maximum absolute atomic E-state index is 12.5. The monoisotopic (exact) mass is 349 g/mol. The first-order chi connectivity index (χ1) is 11.2. The minimum atomic E-state index is -0.0940.